The number of nitrogens with one attached hydrogen (secondary N) is 1. The van der Waals surface area contributed by atoms with E-state index in [1.165, 1.54) is 17.8 Å². The van der Waals surface area contributed by atoms with Crippen LogP contribution >= 0.6 is 11.8 Å². The molecular weight excluding hydrogens is 417 g/mol. The molecule has 1 N–H and O–H groups in total. The summed E-state index contributed by atoms with van der Waals surface area (Å²) in [5.41, 5.74) is -0.300. The molecule has 1 saturated carbocycles. The van der Waals surface area contributed by atoms with Crippen molar-refractivity contribution in [3.05, 3.63) is 34.1 Å². The Morgan fingerprint density at radius 2 is 1.93 bits per heavy atom. The lowest BCUT2D eigenvalue weighted by atomic mass is 9.96. The molecule has 164 valence electrons. The topological polar surface area (TPSA) is 64.2 Å². The highest BCUT2D eigenvalue weighted by atomic mass is 32.2. The maximum atomic E-state index is 14.5. The monoisotopic (exact) mass is 442 g/mol. The molecule has 2 fully saturated rings. The third-order valence-corrected chi connectivity index (χ3v) is 7.11. The first kappa shape index (κ1) is 21.5. The molecule has 0 atom stereocenters. The minimum Gasteiger partial charge on any atom is -0.493 e. The number of nitrogens with zero attached hydrogens (tertiary/aromatic N) is 1. The number of alkyl halides is 2. The molecule has 0 unspecified atom stereocenters. The molecule has 1 saturated heterocycles. The van der Waals surface area contributed by atoms with E-state index in [1.807, 2.05) is 0 Å². The Hall–Kier alpha value is -1.74. The number of hydrogen-bond acceptors (Lipinski definition) is 5. The standard InChI is InChI=1S/C21H25F3N2O3S/c22-16-9-14(29-11-13-3-7-28-8-4-13)10-17-19(16)20(27)26-18(25-17)12-30-15-1-5-21(23,24)6-2-15/h9-10,13,15H,1-8,11-12H2,(H,25,26,27). The average molecular weight is 443 g/mol. The van der Waals surface area contributed by atoms with Gasteiger partial charge in [-0.1, -0.05) is 0 Å². The number of ether oxygens (including phenoxy) is 2. The Labute approximate surface area is 176 Å². The van der Waals surface area contributed by atoms with Crippen LogP contribution in [0.25, 0.3) is 10.9 Å². The van der Waals surface area contributed by atoms with Gasteiger partial charge in [-0.25, -0.2) is 18.2 Å². The van der Waals surface area contributed by atoms with Gasteiger partial charge in [0.05, 0.1) is 17.9 Å². The van der Waals surface area contributed by atoms with Crippen molar-refractivity contribution in [1.82, 2.24) is 9.97 Å². The van der Waals surface area contributed by atoms with Gasteiger partial charge in [0.2, 0.25) is 5.92 Å². The van der Waals surface area contributed by atoms with Crippen molar-refractivity contribution in [2.24, 2.45) is 5.92 Å². The Kier molecular flexibility index (Phi) is 6.57. The van der Waals surface area contributed by atoms with Gasteiger partial charge < -0.3 is 14.5 Å². The largest absolute Gasteiger partial charge is 0.493 e. The fraction of sp³-hybridized carbons (Fsp3) is 0.619. The average Bonchev–Trinajstić information content (AvgIpc) is 2.72. The van der Waals surface area contributed by atoms with Crippen LogP contribution in [0.15, 0.2) is 16.9 Å². The summed E-state index contributed by atoms with van der Waals surface area (Å²) in [6.45, 7) is 1.87. The number of aromatic amines is 1. The zero-order valence-corrected chi connectivity index (χ0v) is 17.4. The highest BCUT2D eigenvalue weighted by molar-refractivity contribution is 7.99. The summed E-state index contributed by atoms with van der Waals surface area (Å²) in [5, 5.41) is 0.0102. The maximum absolute atomic E-state index is 14.5. The fourth-order valence-corrected chi connectivity index (χ4v) is 5.00. The first-order valence-corrected chi connectivity index (χ1v) is 11.4. The molecule has 5 nitrogen and oxygen atoms in total. The minimum atomic E-state index is -2.56. The van der Waals surface area contributed by atoms with Crippen LogP contribution in [-0.4, -0.2) is 41.0 Å². The summed E-state index contributed by atoms with van der Waals surface area (Å²) in [4.78, 5) is 19.4. The second-order valence-corrected chi connectivity index (χ2v) is 9.33. The van der Waals surface area contributed by atoms with Gasteiger partial charge in [-0.15, -0.1) is 0 Å². The summed E-state index contributed by atoms with van der Waals surface area (Å²) < 4.78 is 52.2. The summed E-state index contributed by atoms with van der Waals surface area (Å²) >= 11 is 1.50. The van der Waals surface area contributed by atoms with Crippen LogP contribution in [0.2, 0.25) is 0 Å². The van der Waals surface area contributed by atoms with Gasteiger partial charge in [0.25, 0.3) is 5.56 Å². The number of halogens is 3. The molecule has 4 rings (SSSR count). The predicted molar refractivity (Wildman–Crippen MR) is 110 cm³/mol. The van der Waals surface area contributed by atoms with Crippen molar-refractivity contribution in [2.75, 3.05) is 19.8 Å². The third kappa shape index (κ3) is 5.29. The second-order valence-electron chi connectivity index (χ2n) is 8.04. The van der Waals surface area contributed by atoms with E-state index in [4.69, 9.17) is 9.47 Å². The molecular formula is C21H25F3N2O3S. The van der Waals surface area contributed by atoms with Gasteiger partial charge in [0.15, 0.2) is 0 Å². The Morgan fingerprint density at radius 1 is 1.20 bits per heavy atom. The summed E-state index contributed by atoms with van der Waals surface area (Å²) in [6.07, 6.45) is 2.48. The highest BCUT2D eigenvalue weighted by Crippen LogP contribution is 2.38. The number of aromatic nitrogens is 2. The zero-order valence-electron chi connectivity index (χ0n) is 16.6. The molecule has 0 amide bonds. The van der Waals surface area contributed by atoms with Crippen molar-refractivity contribution >= 4 is 22.7 Å². The minimum absolute atomic E-state index is 0.0977. The smallest absolute Gasteiger partial charge is 0.261 e. The summed E-state index contributed by atoms with van der Waals surface area (Å²) in [5.74, 6) is -1.73. The lowest BCUT2D eigenvalue weighted by Crippen LogP contribution is -2.26. The Bertz CT molecular complexity index is 937. The zero-order chi connectivity index (χ0) is 21.1. The second kappa shape index (κ2) is 9.18. The van der Waals surface area contributed by atoms with Crippen LogP contribution < -0.4 is 10.3 Å². The molecule has 30 heavy (non-hydrogen) atoms. The van der Waals surface area contributed by atoms with E-state index in [0.29, 0.717) is 55.9 Å². The van der Waals surface area contributed by atoms with Crippen LogP contribution in [0.4, 0.5) is 13.2 Å². The van der Waals surface area contributed by atoms with Gasteiger partial charge in [-0.05, 0) is 31.6 Å². The van der Waals surface area contributed by atoms with Gasteiger partial charge in [0.1, 0.15) is 22.8 Å². The van der Waals surface area contributed by atoms with Crippen molar-refractivity contribution in [1.29, 1.82) is 0 Å². The lowest BCUT2D eigenvalue weighted by Gasteiger charge is -2.27. The van der Waals surface area contributed by atoms with Crippen LogP contribution in [0.1, 0.15) is 44.3 Å². The molecule has 2 heterocycles. The normalized spacial score (nSPS) is 20.5. The lowest BCUT2D eigenvalue weighted by molar-refractivity contribution is -0.0323. The van der Waals surface area contributed by atoms with Gasteiger partial charge in [0, 0.05) is 43.4 Å². The van der Waals surface area contributed by atoms with E-state index in [0.717, 1.165) is 12.8 Å². The molecule has 1 aliphatic heterocycles. The first-order chi connectivity index (χ1) is 14.4. The maximum Gasteiger partial charge on any atom is 0.261 e. The van der Waals surface area contributed by atoms with Crippen molar-refractivity contribution in [3.8, 4) is 5.75 Å². The van der Waals surface area contributed by atoms with E-state index in [9.17, 15) is 18.0 Å². The van der Waals surface area contributed by atoms with E-state index >= 15 is 0 Å². The number of benzene rings is 1. The van der Waals surface area contributed by atoms with E-state index in [2.05, 4.69) is 9.97 Å². The molecule has 2 aromatic rings. The summed E-state index contributed by atoms with van der Waals surface area (Å²) in [7, 11) is 0. The van der Waals surface area contributed by atoms with Crippen LogP contribution in [0.3, 0.4) is 0 Å². The van der Waals surface area contributed by atoms with E-state index in [-0.39, 0.29) is 29.0 Å². The quantitative estimate of drug-likeness (QED) is 0.704. The Morgan fingerprint density at radius 3 is 2.67 bits per heavy atom. The van der Waals surface area contributed by atoms with Crippen LogP contribution in [0, 0.1) is 11.7 Å². The Balaban J connectivity index is 1.45. The van der Waals surface area contributed by atoms with Crippen molar-refractivity contribution < 1.29 is 22.6 Å². The van der Waals surface area contributed by atoms with Gasteiger partial charge in [-0.2, -0.15) is 11.8 Å². The molecule has 2 aliphatic rings. The molecule has 1 aromatic heterocycles. The molecule has 0 spiro atoms. The van der Waals surface area contributed by atoms with Crippen LogP contribution in [0.5, 0.6) is 5.75 Å². The number of thioether (sulfide) groups is 1. The highest BCUT2D eigenvalue weighted by Gasteiger charge is 2.35. The summed E-state index contributed by atoms with van der Waals surface area (Å²) in [6, 6.07) is 2.80. The van der Waals surface area contributed by atoms with Gasteiger partial charge in [-0.3, -0.25) is 4.79 Å². The number of H-pyrrole nitrogens is 1. The molecule has 1 aromatic carbocycles. The SMILES string of the molecule is O=c1[nH]c(CSC2CCC(F)(F)CC2)nc2cc(OCC3CCOCC3)cc(F)c12. The molecule has 1 aliphatic carbocycles. The first-order valence-electron chi connectivity index (χ1n) is 10.3. The molecule has 0 bridgehead atoms. The molecule has 9 heteroatoms. The third-order valence-electron chi connectivity index (χ3n) is 5.73. The van der Waals surface area contributed by atoms with E-state index in [1.54, 1.807) is 6.07 Å². The predicted octanol–water partition coefficient (Wildman–Crippen LogP) is 4.68. The van der Waals surface area contributed by atoms with Crippen molar-refractivity contribution in [2.45, 2.75) is 55.5 Å². The van der Waals surface area contributed by atoms with Crippen LogP contribution in [-0.2, 0) is 10.5 Å². The molecule has 0 radical (unpaired) electrons. The fourth-order valence-electron chi connectivity index (χ4n) is 3.90. The number of hydrogen-bond donors (Lipinski definition) is 1. The number of fused-ring (bicyclic) bond motifs is 1. The van der Waals surface area contributed by atoms with E-state index < -0.39 is 17.3 Å². The van der Waals surface area contributed by atoms with Gasteiger partial charge >= 0.3 is 0 Å². The van der Waals surface area contributed by atoms with Crippen molar-refractivity contribution in [3.63, 3.8) is 0 Å². The number of rotatable bonds is 6.